The topological polar surface area (TPSA) is 26.3 Å². The Morgan fingerprint density at radius 2 is 1.83 bits per heavy atom. The van der Waals surface area contributed by atoms with E-state index in [-0.39, 0.29) is 0 Å². The van der Waals surface area contributed by atoms with Gasteiger partial charge in [-0.05, 0) is 31.6 Å². The summed E-state index contributed by atoms with van der Waals surface area (Å²) < 4.78 is 5.88. The SMILES string of the molecule is CCC1CCCC(OCC(=O)C2CCCCC2)C1. The third-order valence-corrected chi connectivity index (χ3v) is 4.83. The first-order valence-corrected chi connectivity index (χ1v) is 7.94. The lowest BCUT2D eigenvalue weighted by Gasteiger charge is -2.29. The van der Waals surface area contributed by atoms with Crippen molar-refractivity contribution in [3.05, 3.63) is 0 Å². The summed E-state index contributed by atoms with van der Waals surface area (Å²) in [5.74, 6) is 1.51. The van der Waals surface area contributed by atoms with E-state index in [4.69, 9.17) is 4.74 Å². The summed E-state index contributed by atoms with van der Waals surface area (Å²) in [7, 11) is 0. The van der Waals surface area contributed by atoms with E-state index in [0.717, 1.165) is 25.2 Å². The van der Waals surface area contributed by atoms with Crippen LogP contribution in [0.4, 0.5) is 0 Å². The van der Waals surface area contributed by atoms with Gasteiger partial charge in [-0.3, -0.25) is 4.79 Å². The summed E-state index contributed by atoms with van der Waals surface area (Å²) in [6.07, 6.45) is 12.6. The molecule has 2 saturated carbocycles. The number of ether oxygens (including phenoxy) is 1. The highest BCUT2D eigenvalue weighted by molar-refractivity contribution is 5.82. The van der Waals surface area contributed by atoms with Crippen molar-refractivity contribution in [3.8, 4) is 0 Å². The molecule has 2 aliphatic rings. The highest BCUT2D eigenvalue weighted by atomic mass is 16.5. The molecule has 0 saturated heterocycles. The highest BCUT2D eigenvalue weighted by Crippen LogP contribution is 2.29. The number of rotatable bonds is 5. The third kappa shape index (κ3) is 4.08. The van der Waals surface area contributed by atoms with Crippen LogP contribution in [0.25, 0.3) is 0 Å². The molecule has 2 heteroatoms. The largest absolute Gasteiger partial charge is 0.370 e. The van der Waals surface area contributed by atoms with Crippen molar-refractivity contribution < 1.29 is 9.53 Å². The Morgan fingerprint density at radius 1 is 1.06 bits per heavy atom. The highest BCUT2D eigenvalue weighted by Gasteiger charge is 2.25. The predicted octanol–water partition coefficient (Wildman–Crippen LogP) is 4.12. The van der Waals surface area contributed by atoms with Crippen LogP contribution in [-0.2, 0) is 9.53 Å². The van der Waals surface area contributed by atoms with Gasteiger partial charge in [0.15, 0.2) is 5.78 Å². The monoisotopic (exact) mass is 252 g/mol. The van der Waals surface area contributed by atoms with Crippen LogP contribution < -0.4 is 0 Å². The van der Waals surface area contributed by atoms with Gasteiger partial charge in [0.25, 0.3) is 0 Å². The normalized spacial score (nSPS) is 30.3. The van der Waals surface area contributed by atoms with Gasteiger partial charge in [0, 0.05) is 5.92 Å². The van der Waals surface area contributed by atoms with Crippen LogP contribution in [0.15, 0.2) is 0 Å². The first kappa shape index (κ1) is 14.0. The predicted molar refractivity (Wildman–Crippen MR) is 73.6 cm³/mol. The maximum Gasteiger partial charge on any atom is 0.161 e. The Labute approximate surface area is 111 Å². The summed E-state index contributed by atoms with van der Waals surface area (Å²) in [5, 5.41) is 0. The Kier molecular flexibility index (Phi) is 5.68. The van der Waals surface area contributed by atoms with Crippen molar-refractivity contribution in [2.45, 2.75) is 77.2 Å². The quantitative estimate of drug-likeness (QED) is 0.735. The second kappa shape index (κ2) is 7.28. The zero-order chi connectivity index (χ0) is 12.8. The van der Waals surface area contributed by atoms with Gasteiger partial charge in [-0.25, -0.2) is 0 Å². The number of hydrogen-bond donors (Lipinski definition) is 0. The van der Waals surface area contributed by atoms with Gasteiger partial charge < -0.3 is 4.74 Å². The molecule has 0 bridgehead atoms. The van der Waals surface area contributed by atoms with E-state index in [2.05, 4.69) is 6.92 Å². The first-order chi connectivity index (χ1) is 8.79. The maximum atomic E-state index is 12.1. The Bertz CT molecular complexity index is 256. The van der Waals surface area contributed by atoms with E-state index >= 15 is 0 Å². The van der Waals surface area contributed by atoms with Crippen molar-refractivity contribution in [1.29, 1.82) is 0 Å². The van der Waals surface area contributed by atoms with E-state index < -0.39 is 0 Å². The Balaban J connectivity index is 1.68. The van der Waals surface area contributed by atoms with Gasteiger partial charge in [0.05, 0.1) is 6.10 Å². The molecule has 0 aromatic heterocycles. The minimum atomic E-state index is 0.310. The molecule has 2 fully saturated rings. The van der Waals surface area contributed by atoms with Gasteiger partial charge >= 0.3 is 0 Å². The number of ketones is 1. The fraction of sp³-hybridized carbons (Fsp3) is 0.938. The van der Waals surface area contributed by atoms with Gasteiger partial charge in [0.2, 0.25) is 0 Å². The molecule has 2 rings (SSSR count). The van der Waals surface area contributed by atoms with Crippen LogP contribution in [0.1, 0.15) is 71.1 Å². The average Bonchev–Trinajstić information content (AvgIpc) is 2.46. The molecule has 0 aromatic carbocycles. The number of Topliss-reactive ketones (excluding diaryl/α,β-unsaturated/α-hetero) is 1. The molecule has 104 valence electrons. The average molecular weight is 252 g/mol. The standard InChI is InChI=1S/C16H28O2/c1-2-13-7-6-10-15(11-13)18-12-16(17)14-8-4-3-5-9-14/h13-15H,2-12H2,1H3. The molecular formula is C16H28O2. The van der Waals surface area contributed by atoms with Crippen LogP contribution in [-0.4, -0.2) is 18.5 Å². The van der Waals surface area contributed by atoms with Crippen molar-refractivity contribution in [2.24, 2.45) is 11.8 Å². The Morgan fingerprint density at radius 3 is 2.56 bits per heavy atom. The van der Waals surface area contributed by atoms with Crippen molar-refractivity contribution in [2.75, 3.05) is 6.61 Å². The number of carbonyl (C=O) groups is 1. The van der Waals surface area contributed by atoms with Gasteiger partial charge in [-0.15, -0.1) is 0 Å². The van der Waals surface area contributed by atoms with Crippen LogP contribution in [0, 0.1) is 11.8 Å². The smallest absolute Gasteiger partial charge is 0.161 e. The van der Waals surface area contributed by atoms with E-state index in [1.165, 1.54) is 44.9 Å². The van der Waals surface area contributed by atoms with Crippen LogP contribution >= 0.6 is 0 Å². The molecule has 2 aliphatic carbocycles. The third-order valence-electron chi connectivity index (χ3n) is 4.83. The van der Waals surface area contributed by atoms with Crippen LogP contribution in [0.2, 0.25) is 0 Å². The fourth-order valence-electron chi connectivity index (χ4n) is 3.51. The molecule has 2 unspecified atom stereocenters. The zero-order valence-corrected chi connectivity index (χ0v) is 11.8. The van der Waals surface area contributed by atoms with E-state index in [1.807, 2.05) is 0 Å². The number of carbonyl (C=O) groups excluding carboxylic acids is 1. The summed E-state index contributed by atoms with van der Waals surface area (Å²) in [4.78, 5) is 12.1. The van der Waals surface area contributed by atoms with Crippen molar-refractivity contribution >= 4 is 5.78 Å². The lowest BCUT2D eigenvalue weighted by atomic mass is 9.85. The van der Waals surface area contributed by atoms with Gasteiger partial charge in [-0.2, -0.15) is 0 Å². The molecule has 0 aromatic rings. The minimum absolute atomic E-state index is 0.310. The lowest BCUT2D eigenvalue weighted by Crippen LogP contribution is -2.28. The molecule has 0 heterocycles. The molecule has 0 N–H and O–H groups in total. The molecular weight excluding hydrogens is 224 g/mol. The zero-order valence-electron chi connectivity index (χ0n) is 11.8. The number of hydrogen-bond acceptors (Lipinski definition) is 2. The lowest BCUT2D eigenvalue weighted by molar-refractivity contribution is -0.131. The first-order valence-electron chi connectivity index (χ1n) is 7.94. The molecule has 0 aliphatic heterocycles. The second-order valence-corrected chi connectivity index (χ2v) is 6.18. The van der Waals surface area contributed by atoms with Crippen molar-refractivity contribution in [1.82, 2.24) is 0 Å². The van der Waals surface area contributed by atoms with Crippen LogP contribution in [0.3, 0.4) is 0 Å². The second-order valence-electron chi connectivity index (χ2n) is 6.18. The minimum Gasteiger partial charge on any atom is -0.370 e. The molecule has 0 amide bonds. The van der Waals surface area contributed by atoms with E-state index in [1.54, 1.807) is 0 Å². The fourth-order valence-corrected chi connectivity index (χ4v) is 3.51. The van der Waals surface area contributed by atoms with Crippen molar-refractivity contribution in [3.63, 3.8) is 0 Å². The molecule has 18 heavy (non-hydrogen) atoms. The van der Waals surface area contributed by atoms with E-state index in [0.29, 0.717) is 24.4 Å². The maximum absolute atomic E-state index is 12.1. The summed E-state index contributed by atoms with van der Waals surface area (Å²) >= 11 is 0. The summed E-state index contributed by atoms with van der Waals surface area (Å²) in [5.41, 5.74) is 0. The van der Waals surface area contributed by atoms with Crippen LogP contribution in [0.5, 0.6) is 0 Å². The molecule has 0 radical (unpaired) electrons. The molecule has 2 atom stereocenters. The van der Waals surface area contributed by atoms with E-state index in [9.17, 15) is 4.79 Å². The molecule has 0 spiro atoms. The summed E-state index contributed by atoms with van der Waals surface area (Å²) in [6.45, 7) is 2.64. The van der Waals surface area contributed by atoms with Gasteiger partial charge in [-0.1, -0.05) is 45.4 Å². The Hall–Kier alpha value is -0.370. The van der Waals surface area contributed by atoms with Gasteiger partial charge in [0.1, 0.15) is 6.61 Å². The summed E-state index contributed by atoms with van der Waals surface area (Å²) in [6, 6.07) is 0. The molecule has 2 nitrogen and oxygen atoms in total.